The number of Topliss-reactive ketones (excluding diaryl/α,β-unsaturated/α-hetero) is 1. The normalized spacial score (nSPS) is 31.3. The summed E-state index contributed by atoms with van der Waals surface area (Å²) in [6.45, 7) is 1.92. The molecule has 0 heterocycles. The smallest absolute Gasteiger partial charge is 0.460 e. The van der Waals surface area contributed by atoms with Crippen LogP contribution in [0, 0.1) is 23.2 Å². The second-order valence-corrected chi connectivity index (χ2v) is 11.9. The number of halogens is 7. The van der Waals surface area contributed by atoms with Crippen molar-refractivity contribution in [3.05, 3.63) is 41.2 Å². The Labute approximate surface area is 224 Å². The fourth-order valence-electron chi connectivity index (χ4n) is 7.39. The molecule has 6 atom stereocenters. The van der Waals surface area contributed by atoms with Crippen LogP contribution < -0.4 is 0 Å². The van der Waals surface area contributed by atoms with Crippen molar-refractivity contribution in [3.8, 4) is 5.75 Å². The van der Waals surface area contributed by atoms with Crippen LogP contribution in [0.25, 0.3) is 0 Å². The van der Waals surface area contributed by atoms with Gasteiger partial charge in [0.2, 0.25) is 0 Å². The van der Waals surface area contributed by atoms with E-state index >= 15 is 4.39 Å². The number of likely N-dealkylation sites (N-methyl/N-ethyl adjacent to an activating group) is 1. The zero-order valence-electron chi connectivity index (χ0n) is 22.2. The monoisotopic (exact) mass is 563 g/mol. The zero-order chi connectivity index (χ0) is 28.8. The Morgan fingerprint density at radius 3 is 2.59 bits per heavy atom. The lowest BCUT2D eigenvalue weighted by atomic mass is 9.51. The van der Waals surface area contributed by atoms with Crippen molar-refractivity contribution in [1.82, 2.24) is 4.90 Å². The summed E-state index contributed by atoms with van der Waals surface area (Å²) < 4.78 is 92.2. The van der Waals surface area contributed by atoms with Crippen molar-refractivity contribution < 1.29 is 40.6 Å². The number of phenols is 1. The van der Waals surface area contributed by atoms with E-state index in [4.69, 9.17) is 0 Å². The predicted octanol–water partition coefficient (Wildman–Crippen LogP) is 7.53. The second-order valence-electron chi connectivity index (χ2n) is 11.9. The number of aromatic hydroxyl groups is 1. The maximum Gasteiger partial charge on any atom is 0.460 e. The molecule has 0 bridgehead atoms. The molecule has 3 aliphatic carbocycles. The molecule has 218 valence electrons. The van der Waals surface area contributed by atoms with Gasteiger partial charge in [0.25, 0.3) is 0 Å². The first-order valence-electron chi connectivity index (χ1n) is 13.6. The molecule has 2 fully saturated rings. The summed E-state index contributed by atoms with van der Waals surface area (Å²) in [5, 5.41) is 10.1. The summed E-state index contributed by atoms with van der Waals surface area (Å²) in [7, 11) is 1.52. The summed E-state index contributed by atoms with van der Waals surface area (Å²) >= 11 is 0. The van der Waals surface area contributed by atoms with Crippen molar-refractivity contribution in [2.45, 2.75) is 82.5 Å². The van der Waals surface area contributed by atoms with E-state index in [0.29, 0.717) is 25.8 Å². The molecule has 0 radical (unpaired) electrons. The number of hydrogen-bond donors (Lipinski definition) is 1. The Morgan fingerprint density at radius 1 is 1.18 bits per heavy atom. The highest BCUT2D eigenvalue weighted by Crippen LogP contribution is 2.62. The minimum Gasteiger partial charge on any atom is -0.508 e. The molecule has 1 aromatic rings. The molecule has 1 N–H and O–H groups in total. The number of carbonyl (C=O) groups is 1. The molecule has 39 heavy (non-hydrogen) atoms. The summed E-state index contributed by atoms with van der Waals surface area (Å²) in [5.41, 5.74) is 1.23. The van der Waals surface area contributed by atoms with Crippen molar-refractivity contribution in [1.29, 1.82) is 0 Å². The molecule has 2 unspecified atom stereocenters. The van der Waals surface area contributed by atoms with E-state index in [1.807, 2.05) is 13.0 Å². The SMILES string of the molecule is CN(CC=C(F)C(F)(F)C(F)(F)F)CCCCCC1Cc2cc(O)ccc2[C@H]2C(F)C[C@]3(C)C(=O)CC[C@H]3[C@H]12. The number of fused-ring (bicyclic) bond motifs is 5. The van der Waals surface area contributed by atoms with Crippen LogP contribution in [-0.4, -0.2) is 54.2 Å². The van der Waals surface area contributed by atoms with Crippen LogP contribution in [0.2, 0.25) is 0 Å². The number of allylic oxidation sites excluding steroid dienone is 1. The van der Waals surface area contributed by atoms with Gasteiger partial charge >= 0.3 is 12.1 Å². The van der Waals surface area contributed by atoms with Gasteiger partial charge in [-0.1, -0.05) is 25.8 Å². The fraction of sp³-hybridized carbons (Fsp3) is 0.690. The first kappa shape index (κ1) is 29.9. The first-order chi connectivity index (χ1) is 18.2. The third kappa shape index (κ3) is 5.72. The number of rotatable bonds is 9. The van der Waals surface area contributed by atoms with E-state index < -0.39 is 29.5 Å². The topological polar surface area (TPSA) is 40.5 Å². The third-order valence-electron chi connectivity index (χ3n) is 9.39. The van der Waals surface area contributed by atoms with Crippen LogP contribution in [0.3, 0.4) is 0 Å². The van der Waals surface area contributed by atoms with E-state index in [-0.39, 0.29) is 54.2 Å². The molecule has 0 aromatic heterocycles. The molecule has 3 aliphatic rings. The highest BCUT2D eigenvalue weighted by atomic mass is 19.4. The van der Waals surface area contributed by atoms with Gasteiger partial charge in [-0.25, -0.2) is 8.78 Å². The minimum absolute atomic E-state index is 0.0216. The largest absolute Gasteiger partial charge is 0.508 e. The quantitative estimate of drug-likeness (QED) is 0.249. The summed E-state index contributed by atoms with van der Waals surface area (Å²) in [6.07, 6.45) is -1.75. The number of nitrogens with zero attached hydrogens (tertiary/aromatic N) is 1. The van der Waals surface area contributed by atoms with Gasteiger partial charge in [0.05, 0.1) is 0 Å². The van der Waals surface area contributed by atoms with E-state index in [1.54, 1.807) is 12.1 Å². The number of hydrogen-bond acceptors (Lipinski definition) is 3. The highest BCUT2D eigenvalue weighted by molar-refractivity contribution is 5.87. The highest BCUT2D eigenvalue weighted by Gasteiger charge is 2.61. The molecule has 0 saturated heterocycles. The van der Waals surface area contributed by atoms with Gasteiger partial charge in [-0.2, -0.15) is 22.0 Å². The Bertz CT molecular complexity index is 1090. The van der Waals surface area contributed by atoms with Crippen LogP contribution in [0.15, 0.2) is 30.1 Å². The van der Waals surface area contributed by atoms with Crippen LogP contribution in [0.4, 0.5) is 30.7 Å². The van der Waals surface area contributed by atoms with E-state index in [1.165, 1.54) is 11.9 Å². The first-order valence-corrected chi connectivity index (χ1v) is 13.6. The summed E-state index contributed by atoms with van der Waals surface area (Å²) in [6, 6.07) is 5.13. The van der Waals surface area contributed by atoms with Gasteiger partial charge in [0.1, 0.15) is 17.7 Å². The van der Waals surface area contributed by atoms with Gasteiger partial charge < -0.3 is 10.0 Å². The van der Waals surface area contributed by atoms with Crippen LogP contribution in [-0.2, 0) is 11.2 Å². The van der Waals surface area contributed by atoms with Gasteiger partial charge in [-0.15, -0.1) is 0 Å². The number of alkyl halides is 6. The summed E-state index contributed by atoms with van der Waals surface area (Å²) in [4.78, 5) is 14.3. The maximum absolute atomic E-state index is 15.8. The molecule has 3 nitrogen and oxygen atoms in total. The number of benzene rings is 1. The molecule has 4 rings (SSSR count). The summed E-state index contributed by atoms with van der Waals surface area (Å²) in [5.74, 6) is -7.77. The molecular formula is C29H36F7NO2. The lowest BCUT2D eigenvalue weighted by Gasteiger charge is -2.53. The number of unbranched alkanes of at least 4 members (excludes halogenated alkanes) is 2. The number of carbonyl (C=O) groups excluding carboxylic acids is 1. The minimum atomic E-state index is -5.98. The van der Waals surface area contributed by atoms with Crippen LogP contribution in [0.5, 0.6) is 5.75 Å². The average Bonchev–Trinajstić information content (AvgIpc) is 3.14. The Hall–Kier alpha value is -2.10. The van der Waals surface area contributed by atoms with Gasteiger partial charge in [0.15, 0.2) is 5.83 Å². The Kier molecular flexibility index (Phi) is 8.47. The average molecular weight is 564 g/mol. The Balaban J connectivity index is 1.36. The van der Waals surface area contributed by atoms with Gasteiger partial charge in [0, 0.05) is 24.3 Å². The molecule has 10 heteroatoms. The van der Waals surface area contributed by atoms with Gasteiger partial charge in [-0.05, 0) is 92.8 Å². The van der Waals surface area contributed by atoms with Crippen molar-refractivity contribution in [2.24, 2.45) is 23.2 Å². The fourth-order valence-corrected chi connectivity index (χ4v) is 7.39. The van der Waals surface area contributed by atoms with E-state index in [0.717, 1.165) is 36.8 Å². The predicted molar refractivity (Wildman–Crippen MR) is 133 cm³/mol. The van der Waals surface area contributed by atoms with Crippen molar-refractivity contribution >= 4 is 5.78 Å². The molecule has 2 saturated carbocycles. The van der Waals surface area contributed by atoms with E-state index in [9.17, 15) is 36.2 Å². The second kappa shape index (κ2) is 11.1. The molecule has 0 aliphatic heterocycles. The number of ketones is 1. The lowest BCUT2D eigenvalue weighted by Crippen LogP contribution is -2.50. The lowest BCUT2D eigenvalue weighted by molar-refractivity contribution is -0.270. The maximum atomic E-state index is 15.8. The van der Waals surface area contributed by atoms with Crippen molar-refractivity contribution in [3.63, 3.8) is 0 Å². The van der Waals surface area contributed by atoms with Gasteiger partial charge in [-0.3, -0.25) is 4.79 Å². The van der Waals surface area contributed by atoms with Crippen LogP contribution in [0.1, 0.15) is 68.9 Å². The third-order valence-corrected chi connectivity index (χ3v) is 9.39. The van der Waals surface area contributed by atoms with Crippen LogP contribution >= 0.6 is 0 Å². The Morgan fingerprint density at radius 2 is 1.90 bits per heavy atom. The number of phenolic OH excluding ortho intramolecular Hbond substituents is 1. The molecule has 1 aromatic carbocycles. The van der Waals surface area contributed by atoms with E-state index in [2.05, 4.69) is 0 Å². The molecule has 0 amide bonds. The standard InChI is InChI=1S/C29H36F7NO2/c1-27-16-22(30)26-20-8-7-19(38)15-18(20)14-17(25(26)21(27)9-10-24(27)39)6-4-3-5-12-37(2)13-11-23(31)28(32,33)29(34,35)36/h7-8,11,15,17,21-22,25-26,38H,3-6,9-10,12-14,16H2,1-2H3/t17?,21-,22?,25-,26-,27-/m0/s1. The zero-order valence-corrected chi connectivity index (χ0v) is 22.2. The van der Waals surface area contributed by atoms with Crippen molar-refractivity contribution in [2.75, 3.05) is 20.1 Å². The molecular weight excluding hydrogens is 527 g/mol. The molecule has 0 spiro atoms.